The third-order valence-electron chi connectivity index (χ3n) is 3.82. The molecule has 1 unspecified atom stereocenters. The lowest BCUT2D eigenvalue weighted by Gasteiger charge is -2.15. The van der Waals surface area contributed by atoms with Gasteiger partial charge < -0.3 is 4.74 Å². The number of hydrogen-bond donors (Lipinski definition) is 0. The molecule has 0 N–H and O–H groups in total. The van der Waals surface area contributed by atoms with Crippen LogP contribution in [0.1, 0.15) is 55.1 Å². The predicted molar refractivity (Wildman–Crippen MR) is 86.0 cm³/mol. The fourth-order valence-electron chi connectivity index (χ4n) is 2.39. The van der Waals surface area contributed by atoms with Crippen LogP contribution in [0.5, 0.6) is 5.88 Å². The molecule has 0 amide bonds. The van der Waals surface area contributed by atoms with Gasteiger partial charge in [-0.2, -0.15) is 0 Å². The first-order chi connectivity index (χ1) is 10.0. The number of pyridine rings is 2. The Balaban J connectivity index is 2.17. The Morgan fingerprint density at radius 2 is 1.90 bits per heavy atom. The maximum Gasteiger partial charge on any atom is 0.213 e. The van der Waals surface area contributed by atoms with E-state index in [1.165, 1.54) is 11.1 Å². The molecule has 0 radical (unpaired) electrons. The second-order valence-corrected chi connectivity index (χ2v) is 5.90. The summed E-state index contributed by atoms with van der Waals surface area (Å²) in [5, 5.41) is 0. The van der Waals surface area contributed by atoms with Gasteiger partial charge in [0.05, 0.1) is 7.11 Å². The Morgan fingerprint density at radius 1 is 1.14 bits per heavy atom. The number of aryl methyl sites for hydroxylation is 1. The van der Waals surface area contributed by atoms with E-state index in [2.05, 4.69) is 49.8 Å². The Morgan fingerprint density at radius 3 is 2.52 bits per heavy atom. The molecule has 2 rings (SSSR count). The van der Waals surface area contributed by atoms with E-state index in [0.29, 0.717) is 17.7 Å². The Labute approximate surface area is 127 Å². The second kappa shape index (κ2) is 6.70. The number of nitrogens with zero attached hydrogens (tertiary/aromatic N) is 2. The highest BCUT2D eigenvalue weighted by Crippen LogP contribution is 2.23. The third kappa shape index (κ3) is 3.81. The van der Waals surface area contributed by atoms with E-state index in [0.717, 1.165) is 17.8 Å². The monoisotopic (exact) mass is 284 g/mol. The maximum absolute atomic E-state index is 5.20. The molecule has 0 aliphatic carbocycles. The Hall–Kier alpha value is -1.90. The van der Waals surface area contributed by atoms with Gasteiger partial charge in [0.15, 0.2) is 0 Å². The van der Waals surface area contributed by atoms with Gasteiger partial charge in [0, 0.05) is 29.6 Å². The van der Waals surface area contributed by atoms with Gasteiger partial charge in [-0.3, -0.25) is 4.98 Å². The van der Waals surface area contributed by atoms with E-state index >= 15 is 0 Å². The van der Waals surface area contributed by atoms with Crippen molar-refractivity contribution < 1.29 is 4.74 Å². The average molecular weight is 284 g/mol. The van der Waals surface area contributed by atoms with E-state index in [-0.39, 0.29) is 0 Å². The van der Waals surface area contributed by atoms with E-state index in [4.69, 9.17) is 4.74 Å². The van der Waals surface area contributed by atoms with Crippen LogP contribution in [0.4, 0.5) is 0 Å². The summed E-state index contributed by atoms with van der Waals surface area (Å²) in [5.41, 5.74) is 4.81. The van der Waals surface area contributed by atoms with Gasteiger partial charge >= 0.3 is 0 Å². The number of aromatic nitrogens is 2. The van der Waals surface area contributed by atoms with Gasteiger partial charge in [0.2, 0.25) is 5.88 Å². The minimum Gasteiger partial charge on any atom is -0.481 e. The zero-order valence-corrected chi connectivity index (χ0v) is 13.6. The molecule has 0 aliphatic rings. The van der Waals surface area contributed by atoms with Crippen LogP contribution in [0.2, 0.25) is 0 Å². The lowest BCUT2D eigenvalue weighted by atomic mass is 9.95. The molecule has 0 saturated heterocycles. The second-order valence-electron chi connectivity index (χ2n) is 5.90. The minimum absolute atomic E-state index is 0.338. The molecule has 0 fully saturated rings. The first kappa shape index (κ1) is 15.5. The number of methoxy groups -OCH3 is 1. The Bertz CT molecular complexity index is 608. The van der Waals surface area contributed by atoms with E-state index in [1.807, 2.05) is 18.3 Å². The summed E-state index contributed by atoms with van der Waals surface area (Å²) in [4.78, 5) is 9.09. The summed E-state index contributed by atoms with van der Waals surface area (Å²) < 4.78 is 5.20. The van der Waals surface area contributed by atoms with Crippen LogP contribution in [0.15, 0.2) is 30.5 Å². The lowest BCUT2D eigenvalue weighted by Crippen LogP contribution is -2.05. The molecule has 2 heterocycles. The molecular weight excluding hydrogens is 260 g/mol. The van der Waals surface area contributed by atoms with E-state index < -0.39 is 0 Å². The van der Waals surface area contributed by atoms with Gasteiger partial charge in [0.1, 0.15) is 0 Å². The number of ether oxygens (including phenoxy) is 1. The van der Waals surface area contributed by atoms with Gasteiger partial charge in [-0.1, -0.05) is 26.8 Å². The van der Waals surface area contributed by atoms with Crippen molar-refractivity contribution in [2.45, 2.75) is 46.0 Å². The van der Waals surface area contributed by atoms with Crippen molar-refractivity contribution >= 4 is 0 Å². The van der Waals surface area contributed by atoms with Crippen molar-refractivity contribution in [3.8, 4) is 5.88 Å². The molecule has 3 heteroatoms. The van der Waals surface area contributed by atoms with Gasteiger partial charge in [-0.15, -0.1) is 0 Å². The molecule has 0 aromatic carbocycles. The van der Waals surface area contributed by atoms with Gasteiger partial charge in [-0.25, -0.2) is 4.98 Å². The molecule has 2 aromatic rings. The van der Waals surface area contributed by atoms with Gasteiger partial charge in [0.25, 0.3) is 0 Å². The molecule has 0 aliphatic heterocycles. The lowest BCUT2D eigenvalue weighted by molar-refractivity contribution is 0.395. The summed E-state index contributed by atoms with van der Waals surface area (Å²) in [7, 11) is 1.65. The van der Waals surface area contributed by atoms with Crippen LogP contribution in [0.25, 0.3) is 0 Å². The quantitative estimate of drug-likeness (QED) is 0.822. The fraction of sp³-hybridized carbons (Fsp3) is 0.444. The molecule has 0 spiro atoms. The van der Waals surface area contributed by atoms with Crippen LogP contribution in [0.3, 0.4) is 0 Å². The molecule has 21 heavy (non-hydrogen) atoms. The molecule has 3 nitrogen and oxygen atoms in total. The average Bonchev–Trinajstić information content (AvgIpc) is 2.49. The minimum atomic E-state index is 0.338. The van der Waals surface area contributed by atoms with Crippen molar-refractivity contribution in [2.24, 2.45) is 0 Å². The van der Waals surface area contributed by atoms with Crippen molar-refractivity contribution in [2.75, 3.05) is 7.11 Å². The van der Waals surface area contributed by atoms with E-state index in [1.54, 1.807) is 7.11 Å². The third-order valence-corrected chi connectivity index (χ3v) is 3.82. The standard InChI is InChI=1S/C18H24N2O/c1-12(2)17-10-13(3)15(11-19-17)9-14(4)16-7-6-8-18(20-16)21-5/h6-8,10-12,14H,9H2,1-5H3. The van der Waals surface area contributed by atoms with Crippen LogP contribution in [-0.2, 0) is 6.42 Å². The zero-order valence-electron chi connectivity index (χ0n) is 13.6. The molecular formula is C18H24N2O. The summed E-state index contributed by atoms with van der Waals surface area (Å²) in [5.74, 6) is 1.48. The maximum atomic E-state index is 5.20. The Kier molecular flexibility index (Phi) is 4.94. The van der Waals surface area contributed by atoms with Crippen molar-refractivity contribution in [3.05, 3.63) is 53.0 Å². The summed E-state index contributed by atoms with van der Waals surface area (Å²) in [6.07, 6.45) is 2.96. The molecule has 2 aromatic heterocycles. The van der Waals surface area contributed by atoms with Crippen LogP contribution >= 0.6 is 0 Å². The van der Waals surface area contributed by atoms with E-state index in [9.17, 15) is 0 Å². The van der Waals surface area contributed by atoms with Crippen LogP contribution < -0.4 is 4.74 Å². The highest BCUT2D eigenvalue weighted by atomic mass is 16.5. The smallest absolute Gasteiger partial charge is 0.213 e. The van der Waals surface area contributed by atoms with Crippen molar-refractivity contribution in [1.82, 2.24) is 9.97 Å². The fourth-order valence-corrected chi connectivity index (χ4v) is 2.39. The molecule has 112 valence electrons. The summed E-state index contributed by atoms with van der Waals surface area (Å²) in [6, 6.07) is 8.12. The van der Waals surface area contributed by atoms with Crippen molar-refractivity contribution in [1.29, 1.82) is 0 Å². The highest BCUT2D eigenvalue weighted by molar-refractivity contribution is 5.29. The number of rotatable bonds is 5. The normalized spacial score (nSPS) is 12.5. The molecule has 0 bridgehead atoms. The van der Waals surface area contributed by atoms with Gasteiger partial charge in [-0.05, 0) is 42.5 Å². The summed E-state index contributed by atoms with van der Waals surface area (Å²) in [6.45, 7) is 8.70. The molecule has 1 atom stereocenters. The predicted octanol–water partition coefficient (Wildman–Crippen LogP) is 4.26. The summed E-state index contributed by atoms with van der Waals surface area (Å²) >= 11 is 0. The number of hydrogen-bond acceptors (Lipinski definition) is 3. The SMILES string of the molecule is COc1cccc(C(C)Cc2cnc(C(C)C)cc2C)n1. The highest BCUT2D eigenvalue weighted by Gasteiger charge is 2.12. The topological polar surface area (TPSA) is 35.0 Å². The van der Waals surface area contributed by atoms with Crippen LogP contribution in [-0.4, -0.2) is 17.1 Å². The first-order valence-corrected chi connectivity index (χ1v) is 7.47. The van der Waals surface area contributed by atoms with Crippen LogP contribution in [0, 0.1) is 6.92 Å². The van der Waals surface area contributed by atoms with Crippen molar-refractivity contribution in [3.63, 3.8) is 0 Å². The first-order valence-electron chi connectivity index (χ1n) is 7.47. The molecule has 0 saturated carbocycles. The largest absolute Gasteiger partial charge is 0.481 e. The zero-order chi connectivity index (χ0) is 15.4.